The second-order valence-corrected chi connectivity index (χ2v) is 6.92. The van der Waals surface area contributed by atoms with E-state index in [9.17, 15) is 4.79 Å². The van der Waals surface area contributed by atoms with Crippen molar-refractivity contribution in [1.29, 1.82) is 0 Å². The minimum Gasteiger partial charge on any atom is -0.493 e. The maximum atomic E-state index is 12.5. The van der Waals surface area contributed by atoms with E-state index in [4.69, 9.17) is 9.47 Å². The summed E-state index contributed by atoms with van der Waals surface area (Å²) in [4.78, 5) is 20.4. The lowest BCUT2D eigenvalue weighted by molar-refractivity contribution is -0.116. The van der Waals surface area contributed by atoms with Crippen LogP contribution < -0.4 is 14.8 Å². The number of methoxy groups -OCH3 is 2. The third kappa shape index (κ3) is 4.27. The van der Waals surface area contributed by atoms with Crippen molar-refractivity contribution >= 4 is 22.6 Å². The first-order valence-corrected chi connectivity index (χ1v) is 9.72. The lowest BCUT2D eigenvalue weighted by Gasteiger charge is -2.10. The number of rotatable bonds is 7. The van der Waals surface area contributed by atoms with Gasteiger partial charge in [0.25, 0.3) is 0 Å². The van der Waals surface area contributed by atoms with Crippen molar-refractivity contribution in [3.63, 3.8) is 0 Å². The Morgan fingerprint density at radius 3 is 2.60 bits per heavy atom. The average Bonchev–Trinajstić information content (AvgIpc) is 3.22. The molecule has 0 unspecified atom stereocenters. The molecule has 0 saturated carbocycles. The molecule has 30 heavy (non-hydrogen) atoms. The average molecular weight is 401 g/mol. The number of ether oxygens (including phenoxy) is 2. The number of hydrogen-bond acceptors (Lipinski definition) is 4. The Morgan fingerprint density at radius 1 is 0.967 bits per heavy atom. The number of amides is 1. The molecule has 0 fully saturated rings. The number of aromatic nitrogens is 2. The summed E-state index contributed by atoms with van der Waals surface area (Å²) < 4.78 is 10.6. The Kier molecular flexibility index (Phi) is 5.66. The molecule has 0 aliphatic carbocycles. The molecule has 0 spiro atoms. The van der Waals surface area contributed by atoms with Gasteiger partial charge in [-0.15, -0.1) is 0 Å². The van der Waals surface area contributed by atoms with E-state index in [0.29, 0.717) is 24.3 Å². The maximum absolute atomic E-state index is 12.5. The van der Waals surface area contributed by atoms with Crippen molar-refractivity contribution in [2.75, 3.05) is 19.5 Å². The number of carbonyl (C=O) groups excluding carboxylic acids is 1. The molecule has 0 bridgehead atoms. The number of aryl methyl sites for hydroxylation is 1. The molecule has 0 aliphatic heterocycles. The van der Waals surface area contributed by atoms with E-state index in [1.165, 1.54) is 0 Å². The Labute approximate surface area is 174 Å². The quantitative estimate of drug-likeness (QED) is 0.466. The molecule has 1 heterocycles. The fourth-order valence-corrected chi connectivity index (χ4v) is 3.35. The number of imidazole rings is 1. The number of fused-ring (bicyclic) bond motifs is 1. The highest BCUT2D eigenvalue weighted by Crippen LogP contribution is 2.28. The first kappa shape index (κ1) is 19.5. The predicted octanol–water partition coefficient (Wildman–Crippen LogP) is 4.82. The van der Waals surface area contributed by atoms with Gasteiger partial charge < -0.3 is 19.8 Å². The zero-order valence-electron chi connectivity index (χ0n) is 16.9. The molecule has 1 amide bonds. The van der Waals surface area contributed by atoms with E-state index >= 15 is 0 Å². The van der Waals surface area contributed by atoms with E-state index in [1.54, 1.807) is 14.2 Å². The number of anilines is 1. The van der Waals surface area contributed by atoms with Gasteiger partial charge in [0, 0.05) is 17.7 Å². The van der Waals surface area contributed by atoms with Crippen LogP contribution in [0, 0.1) is 0 Å². The largest absolute Gasteiger partial charge is 0.493 e. The van der Waals surface area contributed by atoms with Gasteiger partial charge in [0.05, 0.1) is 25.3 Å². The molecule has 0 aliphatic rings. The molecule has 2 N–H and O–H groups in total. The van der Waals surface area contributed by atoms with Crippen LogP contribution in [-0.2, 0) is 11.2 Å². The first-order valence-electron chi connectivity index (χ1n) is 9.72. The highest BCUT2D eigenvalue weighted by Gasteiger charge is 2.09. The molecule has 4 rings (SSSR count). The van der Waals surface area contributed by atoms with Crippen LogP contribution >= 0.6 is 0 Å². The fourth-order valence-electron chi connectivity index (χ4n) is 3.35. The summed E-state index contributed by atoms with van der Waals surface area (Å²) in [6, 6.07) is 21.3. The topological polar surface area (TPSA) is 76.2 Å². The molecular weight excluding hydrogens is 378 g/mol. The summed E-state index contributed by atoms with van der Waals surface area (Å²) >= 11 is 0. The third-order valence-corrected chi connectivity index (χ3v) is 4.90. The van der Waals surface area contributed by atoms with Crippen molar-refractivity contribution in [2.45, 2.75) is 12.8 Å². The zero-order valence-corrected chi connectivity index (χ0v) is 16.9. The van der Waals surface area contributed by atoms with Crippen molar-refractivity contribution in [3.05, 3.63) is 72.3 Å². The van der Waals surface area contributed by atoms with E-state index in [2.05, 4.69) is 15.3 Å². The minimum atomic E-state index is -0.0495. The van der Waals surface area contributed by atoms with Crippen LogP contribution in [-0.4, -0.2) is 30.1 Å². The van der Waals surface area contributed by atoms with Crippen molar-refractivity contribution in [3.8, 4) is 22.9 Å². The fraction of sp³-hybridized carbons (Fsp3) is 0.167. The Hall–Kier alpha value is -3.80. The Bertz CT molecular complexity index is 1150. The van der Waals surface area contributed by atoms with Crippen LogP contribution in [0.2, 0.25) is 0 Å². The highest BCUT2D eigenvalue weighted by molar-refractivity contribution is 5.91. The van der Waals surface area contributed by atoms with Gasteiger partial charge in [-0.1, -0.05) is 30.3 Å². The number of carbonyl (C=O) groups is 1. The standard InChI is InChI=1S/C24H23N3O3/c1-29-21-12-10-16(14-22(21)30-2)11-13-23(28)25-18-7-5-6-17(15-18)24-26-19-8-3-4-9-20(19)27-24/h3-10,12,14-15H,11,13H2,1-2H3,(H,25,28)(H,26,27). The molecule has 1 aromatic heterocycles. The number of nitrogens with zero attached hydrogens (tertiary/aromatic N) is 1. The summed E-state index contributed by atoms with van der Waals surface area (Å²) in [6.07, 6.45) is 0.972. The van der Waals surface area contributed by atoms with Crippen molar-refractivity contribution < 1.29 is 14.3 Å². The number of benzene rings is 3. The summed E-state index contributed by atoms with van der Waals surface area (Å²) in [5, 5.41) is 2.97. The number of aromatic amines is 1. The van der Waals surface area contributed by atoms with E-state index in [-0.39, 0.29) is 5.91 Å². The number of nitrogens with one attached hydrogen (secondary N) is 2. The first-order chi connectivity index (χ1) is 14.7. The molecular formula is C24H23N3O3. The predicted molar refractivity (Wildman–Crippen MR) is 118 cm³/mol. The van der Waals surface area contributed by atoms with Gasteiger partial charge in [0.1, 0.15) is 5.82 Å². The lowest BCUT2D eigenvalue weighted by atomic mass is 10.1. The van der Waals surface area contributed by atoms with Crippen molar-refractivity contribution in [1.82, 2.24) is 9.97 Å². The highest BCUT2D eigenvalue weighted by atomic mass is 16.5. The summed E-state index contributed by atoms with van der Waals surface area (Å²) in [5.74, 6) is 2.06. The van der Waals surface area contributed by atoms with Crippen LogP contribution in [0.4, 0.5) is 5.69 Å². The van der Waals surface area contributed by atoms with Gasteiger partial charge in [0.15, 0.2) is 11.5 Å². The van der Waals surface area contributed by atoms with Gasteiger partial charge in [-0.3, -0.25) is 4.79 Å². The van der Waals surface area contributed by atoms with Crippen LogP contribution in [0.1, 0.15) is 12.0 Å². The Balaban J connectivity index is 1.42. The second-order valence-electron chi connectivity index (χ2n) is 6.92. The summed E-state index contributed by atoms with van der Waals surface area (Å²) in [7, 11) is 3.20. The SMILES string of the molecule is COc1ccc(CCC(=O)Nc2cccc(-c3nc4ccccc4[nH]3)c2)cc1OC. The number of hydrogen-bond donors (Lipinski definition) is 2. The summed E-state index contributed by atoms with van der Waals surface area (Å²) in [5.41, 5.74) is 4.57. The van der Waals surface area contributed by atoms with Gasteiger partial charge in [-0.2, -0.15) is 0 Å². The van der Waals surface area contributed by atoms with Crippen LogP contribution in [0.5, 0.6) is 11.5 Å². The number of para-hydroxylation sites is 2. The second kappa shape index (κ2) is 8.69. The molecule has 0 radical (unpaired) electrons. The normalized spacial score (nSPS) is 10.7. The van der Waals surface area contributed by atoms with Crippen molar-refractivity contribution in [2.24, 2.45) is 0 Å². The van der Waals surface area contributed by atoms with Gasteiger partial charge in [-0.25, -0.2) is 4.98 Å². The van der Waals surface area contributed by atoms with Crippen LogP contribution in [0.3, 0.4) is 0 Å². The van der Waals surface area contributed by atoms with E-state index in [0.717, 1.165) is 33.7 Å². The van der Waals surface area contributed by atoms with Gasteiger partial charge in [0.2, 0.25) is 5.91 Å². The van der Waals surface area contributed by atoms with E-state index in [1.807, 2.05) is 66.7 Å². The van der Waals surface area contributed by atoms with E-state index < -0.39 is 0 Å². The van der Waals surface area contributed by atoms with Crippen LogP contribution in [0.15, 0.2) is 66.7 Å². The molecule has 152 valence electrons. The smallest absolute Gasteiger partial charge is 0.224 e. The third-order valence-electron chi connectivity index (χ3n) is 4.90. The molecule has 6 heteroatoms. The molecule has 4 aromatic rings. The van der Waals surface area contributed by atoms with Gasteiger partial charge >= 0.3 is 0 Å². The minimum absolute atomic E-state index is 0.0495. The summed E-state index contributed by atoms with van der Waals surface area (Å²) in [6.45, 7) is 0. The monoisotopic (exact) mass is 401 g/mol. The van der Waals surface area contributed by atoms with Gasteiger partial charge in [-0.05, 0) is 48.4 Å². The Morgan fingerprint density at radius 2 is 1.80 bits per heavy atom. The molecule has 6 nitrogen and oxygen atoms in total. The van der Waals surface area contributed by atoms with Crippen LogP contribution in [0.25, 0.3) is 22.4 Å². The zero-order chi connectivity index (χ0) is 20.9. The molecule has 3 aromatic carbocycles. The molecule has 0 saturated heterocycles. The maximum Gasteiger partial charge on any atom is 0.224 e. The molecule has 0 atom stereocenters. The number of H-pyrrole nitrogens is 1. The lowest BCUT2D eigenvalue weighted by Crippen LogP contribution is -2.12.